The van der Waals surface area contributed by atoms with Crippen LogP contribution < -0.4 is 15.0 Å². The zero-order valence-electron chi connectivity index (χ0n) is 17.1. The van der Waals surface area contributed by atoms with Crippen LogP contribution in [0, 0.1) is 5.92 Å². The van der Waals surface area contributed by atoms with Gasteiger partial charge in [0.25, 0.3) is 5.91 Å². The number of ether oxygens (including phenoxy) is 2. The Hall–Kier alpha value is -3.44. The lowest BCUT2D eigenvalue weighted by Gasteiger charge is -2.31. The lowest BCUT2D eigenvalue weighted by Crippen LogP contribution is -2.38. The van der Waals surface area contributed by atoms with Gasteiger partial charge in [0.15, 0.2) is 6.61 Å². The van der Waals surface area contributed by atoms with Crippen LogP contribution in [0.1, 0.15) is 18.4 Å². The Morgan fingerprint density at radius 2 is 1.82 bits per heavy atom. The summed E-state index contributed by atoms with van der Waals surface area (Å²) in [6, 6.07) is 7.82. The molecule has 0 aliphatic carbocycles. The number of rotatable bonds is 7. The van der Waals surface area contributed by atoms with Crippen molar-refractivity contribution in [2.45, 2.75) is 25.6 Å². The first-order chi connectivity index (χ1) is 15.6. The maximum atomic E-state index is 12.7. The highest BCUT2D eigenvalue weighted by Crippen LogP contribution is 2.30. The number of anilines is 2. The van der Waals surface area contributed by atoms with Crippen molar-refractivity contribution in [2.24, 2.45) is 5.92 Å². The third-order valence-electron chi connectivity index (χ3n) is 4.95. The van der Waals surface area contributed by atoms with Crippen LogP contribution in [-0.2, 0) is 20.5 Å². The second kappa shape index (κ2) is 10.5. The average Bonchev–Trinajstić information content (AvgIpc) is 2.78. The largest absolute Gasteiger partial charge is 0.455 e. The Kier molecular flexibility index (Phi) is 7.67. The van der Waals surface area contributed by atoms with Gasteiger partial charge in [0.2, 0.25) is 0 Å². The number of hydrogen-bond acceptors (Lipinski definition) is 6. The van der Waals surface area contributed by atoms with Crippen molar-refractivity contribution in [2.75, 3.05) is 29.9 Å². The molecule has 1 saturated heterocycles. The van der Waals surface area contributed by atoms with Gasteiger partial charge in [-0.05, 0) is 37.1 Å². The van der Waals surface area contributed by atoms with Crippen molar-refractivity contribution in [1.82, 2.24) is 4.98 Å². The van der Waals surface area contributed by atoms with Gasteiger partial charge in [-0.1, -0.05) is 12.1 Å². The van der Waals surface area contributed by atoms with Gasteiger partial charge < -0.3 is 19.7 Å². The first-order valence-corrected chi connectivity index (χ1v) is 9.92. The summed E-state index contributed by atoms with van der Waals surface area (Å²) < 4.78 is 72.2. The molecule has 1 aromatic heterocycles. The maximum Gasteiger partial charge on any atom is 0.417 e. The van der Waals surface area contributed by atoms with Crippen LogP contribution in [0.5, 0.6) is 5.75 Å². The molecule has 178 valence electrons. The molecule has 1 aliphatic heterocycles. The molecule has 3 rings (SSSR count). The molecule has 1 N–H and O–H groups in total. The van der Waals surface area contributed by atoms with Crippen LogP contribution in [-0.4, -0.2) is 43.2 Å². The van der Waals surface area contributed by atoms with Gasteiger partial charge in [-0.3, -0.25) is 9.59 Å². The van der Waals surface area contributed by atoms with E-state index in [1.165, 1.54) is 30.3 Å². The molecule has 1 aliphatic rings. The summed E-state index contributed by atoms with van der Waals surface area (Å²) in [5, 5.41) is 2.35. The fourth-order valence-electron chi connectivity index (χ4n) is 3.29. The first-order valence-electron chi connectivity index (χ1n) is 9.92. The minimum atomic E-state index is -4.47. The summed E-state index contributed by atoms with van der Waals surface area (Å²) in [7, 11) is 0. The minimum Gasteiger partial charge on any atom is -0.455 e. The van der Waals surface area contributed by atoms with E-state index in [0.717, 1.165) is 12.3 Å². The van der Waals surface area contributed by atoms with E-state index in [1.807, 2.05) is 0 Å². The van der Waals surface area contributed by atoms with Crippen LogP contribution in [0.4, 0.5) is 33.5 Å². The van der Waals surface area contributed by atoms with E-state index in [4.69, 9.17) is 4.74 Å². The third-order valence-corrected chi connectivity index (χ3v) is 4.95. The van der Waals surface area contributed by atoms with Gasteiger partial charge in [-0.2, -0.15) is 22.0 Å². The van der Waals surface area contributed by atoms with E-state index in [1.54, 1.807) is 4.90 Å². The summed E-state index contributed by atoms with van der Waals surface area (Å²) >= 11 is 0. The van der Waals surface area contributed by atoms with Crippen molar-refractivity contribution in [3.8, 4) is 5.75 Å². The van der Waals surface area contributed by atoms with Crippen LogP contribution in [0.2, 0.25) is 0 Å². The molecule has 0 bridgehead atoms. The van der Waals surface area contributed by atoms with Crippen molar-refractivity contribution in [3.05, 3.63) is 48.2 Å². The number of carbonyl (C=O) groups is 2. The molecule has 1 aromatic carbocycles. The lowest BCUT2D eigenvalue weighted by atomic mass is 9.97. The number of alkyl halides is 5. The van der Waals surface area contributed by atoms with E-state index >= 15 is 0 Å². The molecule has 1 fully saturated rings. The molecular formula is C21H20F5N3O4. The Balaban J connectivity index is 1.45. The van der Waals surface area contributed by atoms with Crippen molar-refractivity contribution >= 4 is 23.4 Å². The van der Waals surface area contributed by atoms with E-state index in [-0.39, 0.29) is 11.4 Å². The molecule has 0 unspecified atom stereocenters. The van der Waals surface area contributed by atoms with E-state index < -0.39 is 42.8 Å². The smallest absolute Gasteiger partial charge is 0.417 e. The van der Waals surface area contributed by atoms with Crippen molar-refractivity contribution in [1.29, 1.82) is 0 Å². The van der Waals surface area contributed by atoms with Crippen LogP contribution in [0.25, 0.3) is 0 Å². The standard InChI is InChI=1S/C21H20F5N3O4/c22-20(23)33-16-4-2-1-3-15(16)28-18(30)12-32-19(31)13-7-9-29(10-8-13)17-6-5-14(11-27-17)21(24,25)26/h1-6,11,13,20H,7-10,12H2,(H,28,30). The molecule has 0 spiro atoms. The fourth-order valence-corrected chi connectivity index (χ4v) is 3.29. The quantitative estimate of drug-likeness (QED) is 0.482. The Labute approximate surface area is 185 Å². The van der Waals surface area contributed by atoms with Gasteiger partial charge >= 0.3 is 18.8 Å². The zero-order valence-corrected chi connectivity index (χ0v) is 17.1. The summed E-state index contributed by atoms with van der Waals surface area (Å²) in [6.45, 7) is -2.92. The molecule has 0 saturated carbocycles. The topological polar surface area (TPSA) is 80.8 Å². The second-order valence-electron chi connectivity index (χ2n) is 7.19. The SMILES string of the molecule is O=C(COC(=O)C1CCN(c2ccc(C(F)(F)F)cn2)CC1)Nc1ccccc1OC(F)F. The lowest BCUT2D eigenvalue weighted by molar-refractivity contribution is -0.152. The minimum absolute atomic E-state index is 0.0104. The molecule has 7 nitrogen and oxygen atoms in total. The number of aromatic nitrogens is 1. The number of nitrogens with one attached hydrogen (secondary N) is 1. The van der Waals surface area contributed by atoms with Crippen molar-refractivity contribution < 1.29 is 41.0 Å². The number of carbonyl (C=O) groups excluding carboxylic acids is 2. The highest BCUT2D eigenvalue weighted by molar-refractivity contribution is 5.94. The Morgan fingerprint density at radius 1 is 1.12 bits per heavy atom. The summed E-state index contributed by atoms with van der Waals surface area (Å²) in [4.78, 5) is 29.9. The number of para-hydroxylation sites is 2. The van der Waals surface area contributed by atoms with E-state index in [2.05, 4.69) is 15.0 Å². The molecule has 12 heteroatoms. The predicted molar refractivity (Wildman–Crippen MR) is 107 cm³/mol. The molecule has 1 amide bonds. The van der Waals surface area contributed by atoms with E-state index in [9.17, 15) is 31.5 Å². The summed E-state index contributed by atoms with van der Waals surface area (Å²) in [5.41, 5.74) is -0.831. The molecule has 0 radical (unpaired) electrons. The van der Waals surface area contributed by atoms with Gasteiger partial charge in [-0.25, -0.2) is 4.98 Å². The molecular weight excluding hydrogens is 453 g/mol. The van der Waals surface area contributed by atoms with Gasteiger partial charge in [0.1, 0.15) is 11.6 Å². The normalized spacial score (nSPS) is 14.8. The summed E-state index contributed by atoms with van der Waals surface area (Å²) in [6.07, 6.45) is -2.96. The Bertz CT molecular complexity index is 961. The molecule has 2 heterocycles. The van der Waals surface area contributed by atoms with Crippen LogP contribution >= 0.6 is 0 Å². The fraction of sp³-hybridized carbons (Fsp3) is 0.381. The second-order valence-corrected chi connectivity index (χ2v) is 7.19. The van der Waals surface area contributed by atoms with E-state index in [0.29, 0.717) is 31.7 Å². The number of hydrogen-bond donors (Lipinski definition) is 1. The predicted octanol–water partition coefficient (Wildman–Crippen LogP) is 4.10. The van der Waals surface area contributed by atoms with Gasteiger partial charge in [0.05, 0.1) is 17.2 Å². The Morgan fingerprint density at radius 3 is 2.42 bits per heavy atom. The van der Waals surface area contributed by atoms with Gasteiger partial charge in [-0.15, -0.1) is 0 Å². The zero-order chi connectivity index (χ0) is 24.0. The third kappa shape index (κ3) is 6.77. The number of benzene rings is 1. The number of pyridine rings is 1. The number of esters is 1. The monoisotopic (exact) mass is 473 g/mol. The van der Waals surface area contributed by atoms with Gasteiger partial charge in [0, 0.05) is 19.3 Å². The maximum absolute atomic E-state index is 12.7. The number of amides is 1. The summed E-state index contributed by atoms with van der Waals surface area (Å²) in [5.74, 6) is -1.66. The highest BCUT2D eigenvalue weighted by atomic mass is 19.4. The van der Waals surface area contributed by atoms with Crippen molar-refractivity contribution in [3.63, 3.8) is 0 Å². The number of nitrogens with zero attached hydrogens (tertiary/aromatic N) is 2. The first kappa shape index (κ1) is 24.2. The molecule has 0 atom stereocenters. The number of halogens is 5. The van der Waals surface area contributed by atoms with Crippen LogP contribution in [0.15, 0.2) is 42.6 Å². The highest BCUT2D eigenvalue weighted by Gasteiger charge is 2.32. The number of piperidine rings is 1. The molecule has 33 heavy (non-hydrogen) atoms. The van der Waals surface area contributed by atoms with Crippen LogP contribution in [0.3, 0.4) is 0 Å². The average molecular weight is 473 g/mol. The molecule has 2 aromatic rings.